The summed E-state index contributed by atoms with van der Waals surface area (Å²) in [6.45, 7) is 15.0. The molecule has 0 radical (unpaired) electrons. The first-order valence-corrected chi connectivity index (χ1v) is 8.18. The summed E-state index contributed by atoms with van der Waals surface area (Å²) in [5, 5.41) is 3.64. The van der Waals surface area contributed by atoms with E-state index in [4.69, 9.17) is 4.74 Å². The lowest BCUT2D eigenvalue weighted by atomic mass is 10.00. The number of nitrogens with zero attached hydrogens (tertiary/aromatic N) is 1. The maximum absolute atomic E-state index is 5.84. The summed E-state index contributed by atoms with van der Waals surface area (Å²) in [5.41, 5.74) is 4.13. The van der Waals surface area contributed by atoms with E-state index in [0.29, 0.717) is 18.2 Å². The van der Waals surface area contributed by atoms with Gasteiger partial charge in [-0.3, -0.25) is 4.90 Å². The molecular weight excluding hydrogens is 260 g/mol. The summed E-state index contributed by atoms with van der Waals surface area (Å²) >= 11 is 0. The van der Waals surface area contributed by atoms with E-state index in [-0.39, 0.29) is 0 Å². The van der Waals surface area contributed by atoms with E-state index < -0.39 is 0 Å². The normalized spacial score (nSPS) is 25.0. The summed E-state index contributed by atoms with van der Waals surface area (Å²) < 4.78 is 5.84. The first-order chi connectivity index (χ1) is 9.99. The maximum atomic E-state index is 5.84. The number of aryl methyl sites for hydroxylation is 2. The third kappa shape index (κ3) is 4.53. The van der Waals surface area contributed by atoms with Crippen molar-refractivity contribution < 1.29 is 4.74 Å². The Balaban J connectivity index is 2.09. The fraction of sp³-hybridized carbons (Fsp3) is 0.667. The number of nitrogens with one attached hydrogen (secondary N) is 1. The Labute approximate surface area is 129 Å². The van der Waals surface area contributed by atoms with Gasteiger partial charge in [-0.1, -0.05) is 25.1 Å². The monoisotopic (exact) mass is 290 g/mol. The minimum atomic E-state index is 0.329. The van der Waals surface area contributed by atoms with E-state index in [1.807, 2.05) is 0 Å². The molecule has 3 unspecified atom stereocenters. The molecule has 1 aromatic rings. The molecule has 2 rings (SSSR count). The standard InChI is InChI=1S/C18H30N2O/c1-6-19-18(17-8-7-13(2)14(3)9-17)12-20-10-15(4)21-16(5)11-20/h7-9,15-16,18-19H,6,10-12H2,1-5H3. The van der Waals surface area contributed by atoms with Crippen molar-refractivity contribution in [2.75, 3.05) is 26.2 Å². The molecule has 1 fully saturated rings. The van der Waals surface area contributed by atoms with Crippen LogP contribution in [0.4, 0.5) is 0 Å². The number of hydrogen-bond acceptors (Lipinski definition) is 3. The molecule has 0 spiro atoms. The fourth-order valence-electron chi connectivity index (χ4n) is 3.21. The van der Waals surface area contributed by atoms with Gasteiger partial charge >= 0.3 is 0 Å². The molecule has 0 aromatic heterocycles. The Hall–Kier alpha value is -0.900. The van der Waals surface area contributed by atoms with Crippen molar-refractivity contribution in [1.82, 2.24) is 10.2 Å². The van der Waals surface area contributed by atoms with Crippen LogP contribution >= 0.6 is 0 Å². The summed E-state index contributed by atoms with van der Waals surface area (Å²) in [4.78, 5) is 2.53. The van der Waals surface area contributed by atoms with Gasteiger partial charge in [0.15, 0.2) is 0 Å². The van der Waals surface area contributed by atoms with Gasteiger partial charge in [0.2, 0.25) is 0 Å². The van der Waals surface area contributed by atoms with E-state index in [2.05, 4.69) is 63.0 Å². The van der Waals surface area contributed by atoms with Crippen molar-refractivity contribution >= 4 is 0 Å². The lowest BCUT2D eigenvalue weighted by Crippen LogP contribution is -2.48. The molecule has 0 bridgehead atoms. The minimum absolute atomic E-state index is 0.329. The zero-order chi connectivity index (χ0) is 15.4. The van der Waals surface area contributed by atoms with Crippen LogP contribution < -0.4 is 5.32 Å². The average Bonchev–Trinajstić information content (AvgIpc) is 2.40. The molecule has 1 aliphatic rings. The molecule has 1 aromatic carbocycles. The predicted molar refractivity (Wildman–Crippen MR) is 88.8 cm³/mol. The van der Waals surface area contributed by atoms with Crippen LogP contribution in [0.3, 0.4) is 0 Å². The predicted octanol–water partition coefficient (Wildman–Crippen LogP) is 3.06. The van der Waals surface area contributed by atoms with Crippen molar-refractivity contribution in [1.29, 1.82) is 0 Å². The van der Waals surface area contributed by atoms with Gasteiger partial charge < -0.3 is 10.1 Å². The molecule has 118 valence electrons. The Morgan fingerprint density at radius 2 is 1.86 bits per heavy atom. The zero-order valence-electron chi connectivity index (χ0n) is 14.1. The smallest absolute Gasteiger partial charge is 0.0678 e. The number of likely N-dealkylation sites (N-methyl/N-ethyl adjacent to an activating group) is 1. The Kier molecular flexibility index (Phi) is 5.80. The summed E-state index contributed by atoms with van der Waals surface area (Å²) in [5.74, 6) is 0. The van der Waals surface area contributed by atoms with Gasteiger partial charge in [0.25, 0.3) is 0 Å². The molecule has 3 atom stereocenters. The van der Waals surface area contributed by atoms with Gasteiger partial charge in [-0.15, -0.1) is 0 Å². The number of rotatable bonds is 5. The van der Waals surface area contributed by atoms with Crippen LogP contribution in [0.2, 0.25) is 0 Å². The first kappa shape index (κ1) is 16.5. The van der Waals surface area contributed by atoms with Gasteiger partial charge in [-0.25, -0.2) is 0 Å². The Morgan fingerprint density at radius 1 is 1.19 bits per heavy atom. The van der Waals surface area contributed by atoms with Crippen LogP contribution in [-0.2, 0) is 4.74 Å². The average molecular weight is 290 g/mol. The van der Waals surface area contributed by atoms with Crippen LogP contribution in [0.5, 0.6) is 0 Å². The molecule has 3 nitrogen and oxygen atoms in total. The molecule has 1 saturated heterocycles. The SMILES string of the molecule is CCNC(CN1CC(C)OC(C)C1)c1ccc(C)c(C)c1. The molecule has 1 heterocycles. The van der Waals surface area contributed by atoms with E-state index in [1.165, 1.54) is 16.7 Å². The van der Waals surface area contributed by atoms with Gasteiger partial charge in [0.05, 0.1) is 12.2 Å². The van der Waals surface area contributed by atoms with Gasteiger partial charge in [-0.05, 0) is 50.9 Å². The van der Waals surface area contributed by atoms with Crippen LogP contribution in [0.1, 0.15) is 43.5 Å². The minimum Gasteiger partial charge on any atom is -0.373 e. The van der Waals surface area contributed by atoms with E-state index in [9.17, 15) is 0 Å². The molecule has 1 N–H and O–H groups in total. The third-order valence-corrected chi connectivity index (χ3v) is 4.32. The second-order valence-corrected chi connectivity index (χ2v) is 6.43. The number of benzene rings is 1. The fourth-order valence-corrected chi connectivity index (χ4v) is 3.21. The highest BCUT2D eigenvalue weighted by Gasteiger charge is 2.24. The van der Waals surface area contributed by atoms with Crippen molar-refractivity contribution in [3.05, 3.63) is 34.9 Å². The Morgan fingerprint density at radius 3 is 2.43 bits per heavy atom. The molecule has 3 heteroatoms. The number of ether oxygens (including phenoxy) is 1. The summed E-state index contributed by atoms with van der Waals surface area (Å²) in [7, 11) is 0. The van der Waals surface area contributed by atoms with Crippen molar-refractivity contribution in [2.45, 2.75) is 52.9 Å². The quantitative estimate of drug-likeness (QED) is 0.902. The number of morpholine rings is 1. The van der Waals surface area contributed by atoms with Crippen molar-refractivity contribution in [3.63, 3.8) is 0 Å². The molecule has 0 saturated carbocycles. The molecule has 0 aliphatic carbocycles. The topological polar surface area (TPSA) is 24.5 Å². The molecule has 0 amide bonds. The van der Waals surface area contributed by atoms with Crippen molar-refractivity contribution in [3.8, 4) is 0 Å². The second kappa shape index (κ2) is 7.39. The highest BCUT2D eigenvalue weighted by atomic mass is 16.5. The number of hydrogen-bond donors (Lipinski definition) is 1. The van der Waals surface area contributed by atoms with Crippen LogP contribution in [0.25, 0.3) is 0 Å². The first-order valence-electron chi connectivity index (χ1n) is 8.18. The molecule has 1 aliphatic heterocycles. The lowest BCUT2D eigenvalue weighted by molar-refractivity contribution is -0.0699. The Bertz CT molecular complexity index is 451. The van der Waals surface area contributed by atoms with Gasteiger partial charge in [-0.2, -0.15) is 0 Å². The summed E-state index contributed by atoms with van der Waals surface area (Å²) in [6, 6.07) is 7.23. The van der Waals surface area contributed by atoms with Crippen LogP contribution in [0, 0.1) is 13.8 Å². The van der Waals surface area contributed by atoms with E-state index in [1.54, 1.807) is 0 Å². The summed E-state index contributed by atoms with van der Waals surface area (Å²) in [6.07, 6.45) is 0.659. The lowest BCUT2D eigenvalue weighted by Gasteiger charge is -2.37. The van der Waals surface area contributed by atoms with E-state index >= 15 is 0 Å². The highest BCUT2D eigenvalue weighted by Crippen LogP contribution is 2.20. The maximum Gasteiger partial charge on any atom is 0.0678 e. The van der Waals surface area contributed by atoms with Crippen LogP contribution in [0.15, 0.2) is 18.2 Å². The van der Waals surface area contributed by atoms with Crippen LogP contribution in [-0.4, -0.2) is 43.3 Å². The highest BCUT2D eigenvalue weighted by molar-refractivity contribution is 5.32. The van der Waals surface area contributed by atoms with Gasteiger partial charge in [0.1, 0.15) is 0 Å². The largest absolute Gasteiger partial charge is 0.373 e. The second-order valence-electron chi connectivity index (χ2n) is 6.43. The molecule has 21 heavy (non-hydrogen) atoms. The van der Waals surface area contributed by atoms with E-state index in [0.717, 1.165) is 26.2 Å². The molecular formula is C18H30N2O. The van der Waals surface area contributed by atoms with Crippen molar-refractivity contribution in [2.24, 2.45) is 0 Å². The zero-order valence-corrected chi connectivity index (χ0v) is 14.1. The third-order valence-electron chi connectivity index (χ3n) is 4.32. The van der Waals surface area contributed by atoms with Gasteiger partial charge in [0, 0.05) is 25.7 Å².